The lowest BCUT2D eigenvalue weighted by atomic mass is 10.1. The van der Waals surface area contributed by atoms with Crippen LogP contribution in [-0.4, -0.2) is 61.0 Å². The highest BCUT2D eigenvalue weighted by Crippen LogP contribution is 2.31. The van der Waals surface area contributed by atoms with E-state index >= 15 is 0 Å². The number of benzene rings is 1. The molecule has 4 heteroatoms. The monoisotopic (exact) mass is 316 g/mol. The van der Waals surface area contributed by atoms with Crippen molar-refractivity contribution >= 4 is 0 Å². The molecule has 4 rings (SSSR count). The van der Waals surface area contributed by atoms with E-state index in [0.717, 1.165) is 38.8 Å². The van der Waals surface area contributed by atoms with Crippen LogP contribution in [0.5, 0.6) is 0 Å². The van der Waals surface area contributed by atoms with E-state index in [2.05, 4.69) is 40.1 Å². The van der Waals surface area contributed by atoms with E-state index in [1.165, 1.54) is 37.9 Å². The Morgan fingerprint density at radius 3 is 2.57 bits per heavy atom. The molecular weight excluding hydrogens is 288 g/mol. The van der Waals surface area contributed by atoms with E-state index in [4.69, 9.17) is 9.47 Å². The van der Waals surface area contributed by atoms with Crippen LogP contribution in [0.2, 0.25) is 0 Å². The summed E-state index contributed by atoms with van der Waals surface area (Å²) in [6.07, 6.45) is 5.08. The minimum atomic E-state index is 0.0378. The maximum atomic E-state index is 5.58. The lowest BCUT2D eigenvalue weighted by Crippen LogP contribution is -2.39. The first-order valence-electron chi connectivity index (χ1n) is 9.14. The molecule has 1 aromatic carbocycles. The van der Waals surface area contributed by atoms with Crippen LogP contribution < -0.4 is 0 Å². The van der Waals surface area contributed by atoms with Crippen molar-refractivity contribution in [2.75, 3.05) is 32.8 Å². The number of ether oxygens (including phenoxy) is 2. The fourth-order valence-corrected chi connectivity index (χ4v) is 4.36. The summed E-state index contributed by atoms with van der Waals surface area (Å²) in [6.45, 7) is 6.17. The number of fused-ring (bicyclic) bond motifs is 2. The molecule has 2 atom stereocenters. The second-order valence-electron chi connectivity index (χ2n) is 7.09. The summed E-state index contributed by atoms with van der Waals surface area (Å²) in [5, 5.41) is 0. The molecule has 3 heterocycles. The van der Waals surface area contributed by atoms with Crippen LogP contribution in [-0.2, 0) is 16.0 Å². The predicted octanol–water partition coefficient (Wildman–Crippen LogP) is 2.49. The average molecular weight is 316 g/mol. The quantitative estimate of drug-likeness (QED) is 0.833. The molecule has 4 nitrogen and oxygen atoms in total. The van der Waals surface area contributed by atoms with Crippen LogP contribution in [0.25, 0.3) is 0 Å². The third kappa shape index (κ3) is 3.77. The van der Waals surface area contributed by atoms with Gasteiger partial charge >= 0.3 is 0 Å². The molecule has 3 aliphatic heterocycles. The van der Waals surface area contributed by atoms with E-state index in [1.54, 1.807) is 0 Å². The molecule has 0 aromatic heterocycles. The topological polar surface area (TPSA) is 24.9 Å². The van der Waals surface area contributed by atoms with Crippen molar-refractivity contribution in [2.24, 2.45) is 0 Å². The molecule has 0 radical (unpaired) electrons. The Kier molecular flexibility index (Phi) is 4.95. The summed E-state index contributed by atoms with van der Waals surface area (Å²) < 4.78 is 11.2. The zero-order valence-corrected chi connectivity index (χ0v) is 13.9. The summed E-state index contributed by atoms with van der Waals surface area (Å²) in [7, 11) is 0. The van der Waals surface area contributed by atoms with Crippen molar-refractivity contribution in [1.82, 2.24) is 9.80 Å². The van der Waals surface area contributed by atoms with Crippen LogP contribution in [0.15, 0.2) is 30.3 Å². The molecule has 1 aromatic rings. The van der Waals surface area contributed by atoms with Crippen LogP contribution in [0, 0.1) is 0 Å². The highest BCUT2D eigenvalue weighted by molar-refractivity contribution is 5.15. The molecule has 0 spiro atoms. The molecule has 3 saturated heterocycles. The zero-order chi connectivity index (χ0) is 15.5. The van der Waals surface area contributed by atoms with E-state index in [-0.39, 0.29) is 6.29 Å². The molecule has 0 aliphatic carbocycles. The van der Waals surface area contributed by atoms with E-state index in [9.17, 15) is 0 Å². The fourth-order valence-electron chi connectivity index (χ4n) is 4.36. The minimum Gasteiger partial charge on any atom is -0.350 e. The molecule has 2 unspecified atom stereocenters. The zero-order valence-electron chi connectivity index (χ0n) is 13.9. The van der Waals surface area contributed by atoms with Gasteiger partial charge in [0.05, 0.1) is 13.2 Å². The average Bonchev–Trinajstić information content (AvgIpc) is 3.16. The maximum Gasteiger partial charge on any atom is 0.159 e. The van der Waals surface area contributed by atoms with Crippen molar-refractivity contribution in [3.05, 3.63) is 35.9 Å². The van der Waals surface area contributed by atoms with Crippen LogP contribution in [0.1, 0.15) is 31.2 Å². The van der Waals surface area contributed by atoms with Crippen molar-refractivity contribution in [3.8, 4) is 0 Å². The van der Waals surface area contributed by atoms with E-state index in [1.807, 2.05) is 0 Å². The van der Waals surface area contributed by atoms with Gasteiger partial charge in [-0.15, -0.1) is 0 Å². The summed E-state index contributed by atoms with van der Waals surface area (Å²) in [4.78, 5) is 5.39. The van der Waals surface area contributed by atoms with Gasteiger partial charge in [-0.2, -0.15) is 0 Å². The summed E-state index contributed by atoms with van der Waals surface area (Å²) in [5.74, 6) is 0. The molecule has 0 amide bonds. The summed E-state index contributed by atoms with van der Waals surface area (Å²) in [6, 6.07) is 12.4. The number of hydrogen-bond donors (Lipinski definition) is 0. The van der Waals surface area contributed by atoms with Gasteiger partial charge in [-0.1, -0.05) is 30.3 Å². The molecule has 3 fully saturated rings. The van der Waals surface area contributed by atoms with Crippen molar-refractivity contribution in [2.45, 2.75) is 50.6 Å². The SMILES string of the molecule is c1ccc(CN2C3CCC2CN(CCC2OCCO2)CC3)cc1. The predicted molar refractivity (Wildman–Crippen MR) is 90.2 cm³/mol. The first-order valence-corrected chi connectivity index (χ1v) is 9.14. The first-order chi connectivity index (χ1) is 11.4. The highest BCUT2D eigenvalue weighted by atomic mass is 16.7. The van der Waals surface area contributed by atoms with Crippen LogP contribution >= 0.6 is 0 Å². The van der Waals surface area contributed by atoms with Gasteiger partial charge in [-0.3, -0.25) is 4.90 Å². The Hall–Kier alpha value is -0.940. The van der Waals surface area contributed by atoms with E-state index in [0.29, 0.717) is 6.04 Å². The van der Waals surface area contributed by atoms with Gasteiger partial charge in [0, 0.05) is 38.1 Å². The summed E-state index contributed by atoms with van der Waals surface area (Å²) >= 11 is 0. The maximum absolute atomic E-state index is 5.58. The largest absolute Gasteiger partial charge is 0.350 e. The van der Waals surface area contributed by atoms with Gasteiger partial charge in [-0.25, -0.2) is 0 Å². The lowest BCUT2D eigenvalue weighted by molar-refractivity contribution is -0.0518. The van der Waals surface area contributed by atoms with Crippen molar-refractivity contribution in [3.63, 3.8) is 0 Å². The molecule has 0 N–H and O–H groups in total. The number of likely N-dealkylation sites (tertiary alicyclic amines) is 1. The minimum absolute atomic E-state index is 0.0378. The third-order valence-corrected chi connectivity index (χ3v) is 5.60. The molecule has 0 saturated carbocycles. The Balaban J connectivity index is 1.34. The number of nitrogens with zero attached hydrogens (tertiary/aromatic N) is 2. The first kappa shape index (κ1) is 15.6. The second kappa shape index (κ2) is 7.31. The van der Waals surface area contributed by atoms with E-state index < -0.39 is 0 Å². The molecule has 23 heavy (non-hydrogen) atoms. The van der Waals surface area contributed by atoms with Crippen molar-refractivity contribution < 1.29 is 9.47 Å². The number of rotatable bonds is 5. The van der Waals surface area contributed by atoms with Gasteiger partial charge in [-0.05, 0) is 31.4 Å². The van der Waals surface area contributed by atoms with Crippen molar-refractivity contribution in [1.29, 1.82) is 0 Å². The van der Waals surface area contributed by atoms with Crippen LogP contribution in [0.4, 0.5) is 0 Å². The standard InChI is InChI=1S/C19H28N2O2/c1-2-4-16(5-3-1)14-21-17-6-7-18(21)15-20(10-8-17)11-9-19-22-12-13-23-19/h1-5,17-19H,6-15H2. The van der Waals surface area contributed by atoms with Crippen LogP contribution in [0.3, 0.4) is 0 Å². The number of hydrogen-bond acceptors (Lipinski definition) is 4. The lowest BCUT2D eigenvalue weighted by Gasteiger charge is -2.29. The fraction of sp³-hybridized carbons (Fsp3) is 0.684. The Morgan fingerprint density at radius 2 is 1.74 bits per heavy atom. The van der Waals surface area contributed by atoms with Gasteiger partial charge in [0.25, 0.3) is 0 Å². The van der Waals surface area contributed by atoms with Gasteiger partial charge < -0.3 is 14.4 Å². The normalized spacial score (nSPS) is 29.9. The summed E-state index contributed by atoms with van der Waals surface area (Å²) in [5.41, 5.74) is 1.45. The molecule has 126 valence electrons. The third-order valence-electron chi connectivity index (χ3n) is 5.60. The molecular formula is C19H28N2O2. The Morgan fingerprint density at radius 1 is 0.957 bits per heavy atom. The van der Waals surface area contributed by atoms with Gasteiger partial charge in [0.1, 0.15) is 0 Å². The van der Waals surface area contributed by atoms with Gasteiger partial charge in [0.15, 0.2) is 6.29 Å². The second-order valence-corrected chi connectivity index (χ2v) is 7.09. The molecule has 3 aliphatic rings. The highest BCUT2D eigenvalue weighted by Gasteiger charge is 2.37. The molecule has 2 bridgehead atoms. The Bertz CT molecular complexity index is 489. The van der Waals surface area contributed by atoms with Gasteiger partial charge in [0.2, 0.25) is 0 Å². The smallest absolute Gasteiger partial charge is 0.159 e. The Labute approximate surface area is 139 Å².